The number of nitrogens with one attached hydrogen (secondary N) is 1. The lowest BCUT2D eigenvalue weighted by molar-refractivity contribution is -0.0215. The summed E-state index contributed by atoms with van der Waals surface area (Å²) in [6.45, 7) is 6.57. The molecule has 1 fully saturated rings. The van der Waals surface area contributed by atoms with Gasteiger partial charge in [0, 0.05) is 37.4 Å². The molecule has 1 aliphatic rings. The maximum Gasteiger partial charge on any atom is 0.254 e. The van der Waals surface area contributed by atoms with Gasteiger partial charge in [0.2, 0.25) is 0 Å². The minimum atomic E-state index is -0.437. The van der Waals surface area contributed by atoms with Gasteiger partial charge < -0.3 is 19.9 Å². The number of rotatable bonds is 6. The molecule has 1 heterocycles. The van der Waals surface area contributed by atoms with E-state index in [1.807, 2.05) is 18.7 Å². The van der Waals surface area contributed by atoms with Gasteiger partial charge in [-0.15, -0.1) is 0 Å². The molecule has 0 aromatic heterocycles. The van der Waals surface area contributed by atoms with E-state index >= 15 is 0 Å². The molecule has 1 aliphatic heterocycles. The summed E-state index contributed by atoms with van der Waals surface area (Å²) in [4.78, 5) is 16.7. The van der Waals surface area contributed by atoms with Crippen LogP contribution in [0.5, 0.6) is 0 Å². The number of thiocarbonyl (C=S) groups is 1. The standard InChI is InChI=1S/C23H27F2N3O2S/c1-16(2)13-28(22(29)17-4-3-5-19(25)12-17)15-21-14-27(10-11-30-21)23(31)26-20-8-6-18(24)7-9-20/h3-9,12,16,21H,10-11,13-15H2,1-2H3,(H,26,31)/t21-/m0/s1. The van der Waals surface area contributed by atoms with E-state index in [0.29, 0.717) is 49.1 Å². The zero-order chi connectivity index (χ0) is 22.4. The Bertz CT molecular complexity index is 908. The van der Waals surface area contributed by atoms with E-state index in [1.54, 1.807) is 23.1 Å². The second kappa shape index (κ2) is 10.6. The number of amides is 1. The van der Waals surface area contributed by atoms with Gasteiger partial charge in [-0.3, -0.25) is 4.79 Å². The van der Waals surface area contributed by atoms with Crippen LogP contribution in [0.2, 0.25) is 0 Å². The molecule has 2 aromatic rings. The first-order valence-electron chi connectivity index (χ1n) is 10.3. The van der Waals surface area contributed by atoms with Crippen LogP contribution in [0, 0.1) is 17.6 Å². The maximum absolute atomic E-state index is 13.6. The summed E-state index contributed by atoms with van der Waals surface area (Å²) in [5, 5.41) is 3.63. The Balaban J connectivity index is 1.64. The molecule has 166 valence electrons. The van der Waals surface area contributed by atoms with Crippen LogP contribution in [0.4, 0.5) is 14.5 Å². The van der Waals surface area contributed by atoms with Crippen LogP contribution < -0.4 is 5.32 Å². The number of benzene rings is 2. The van der Waals surface area contributed by atoms with Crippen LogP contribution >= 0.6 is 12.2 Å². The van der Waals surface area contributed by atoms with Crippen LogP contribution in [0.1, 0.15) is 24.2 Å². The molecule has 1 atom stereocenters. The van der Waals surface area contributed by atoms with Gasteiger partial charge in [-0.1, -0.05) is 19.9 Å². The molecule has 0 saturated carbocycles. The van der Waals surface area contributed by atoms with E-state index in [9.17, 15) is 13.6 Å². The van der Waals surface area contributed by atoms with Gasteiger partial charge in [-0.05, 0) is 60.6 Å². The van der Waals surface area contributed by atoms with Crippen molar-refractivity contribution in [2.45, 2.75) is 20.0 Å². The van der Waals surface area contributed by atoms with Gasteiger partial charge in [0.25, 0.3) is 5.91 Å². The Morgan fingerprint density at radius 2 is 1.97 bits per heavy atom. The first-order chi connectivity index (χ1) is 14.8. The van der Waals surface area contributed by atoms with E-state index in [-0.39, 0.29) is 23.7 Å². The molecule has 1 amide bonds. The van der Waals surface area contributed by atoms with Gasteiger partial charge >= 0.3 is 0 Å². The highest BCUT2D eigenvalue weighted by molar-refractivity contribution is 7.80. The molecular formula is C23H27F2N3O2S. The number of carbonyl (C=O) groups excluding carboxylic acids is 1. The normalized spacial score (nSPS) is 16.3. The Morgan fingerprint density at radius 3 is 2.65 bits per heavy atom. The van der Waals surface area contributed by atoms with E-state index in [1.165, 1.54) is 30.3 Å². The molecule has 5 nitrogen and oxygen atoms in total. The molecule has 1 saturated heterocycles. The molecule has 8 heteroatoms. The monoisotopic (exact) mass is 447 g/mol. The molecule has 0 spiro atoms. The number of carbonyl (C=O) groups is 1. The third-order valence-electron chi connectivity index (χ3n) is 4.89. The van der Waals surface area contributed by atoms with Crippen LogP contribution in [-0.2, 0) is 4.74 Å². The zero-order valence-corrected chi connectivity index (χ0v) is 18.5. The topological polar surface area (TPSA) is 44.8 Å². The summed E-state index contributed by atoms with van der Waals surface area (Å²) in [5.41, 5.74) is 1.03. The Hall–Kier alpha value is -2.58. The second-order valence-electron chi connectivity index (χ2n) is 7.99. The van der Waals surface area contributed by atoms with E-state index in [4.69, 9.17) is 17.0 Å². The first kappa shape index (κ1) is 23.1. The fourth-order valence-electron chi connectivity index (χ4n) is 3.48. The summed E-state index contributed by atoms with van der Waals surface area (Å²) in [6, 6.07) is 11.7. The summed E-state index contributed by atoms with van der Waals surface area (Å²) >= 11 is 5.51. The Morgan fingerprint density at radius 1 is 1.23 bits per heavy atom. The highest BCUT2D eigenvalue weighted by atomic mass is 32.1. The number of anilines is 1. The van der Waals surface area contributed by atoms with Crippen molar-refractivity contribution in [3.63, 3.8) is 0 Å². The number of hydrogen-bond donors (Lipinski definition) is 1. The molecule has 0 aliphatic carbocycles. The lowest BCUT2D eigenvalue weighted by Crippen LogP contribution is -2.52. The number of hydrogen-bond acceptors (Lipinski definition) is 3. The van der Waals surface area contributed by atoms with Crippen molar-refractivity contribution in [2.24, 2.45) is 5.92 Å². The van der Waals surface area contributed by atoms with Crippen molar-refractivity contribution in [2.75, 3.05) is 38.1 Å². The number of halogens is 2. The van der Waals surface area contributed by atoms with Crippen molar-refractivity contribution in [3.8, 4) is 0 Å². The molecular weight excluding hydrogens is 420 g/mol. The zero-order valence-electron chi connectivity index (χ0n) is 17.7. The fraction of sp³-hybridized carbons (Fsp3) is 0.391. The number of ether oxygens (including phenoxy) is 1. The van der Waals surface area contributed by atoms with Gasteiger partial charge in [0.05, 0.1) is 12.7 Å². The smallest absolute Gasteiger partial charge is 0.254 e. The minimum absolute atomic E-state index is 0.221. The summed E-state index contributed by atoms with van der Waals surface area (Å²) < 4.78 is 32.6. The van der Waals surface area contributed by atoms with Crippen molar-refractivity contribution in [1.29, 1.82) is 0 Å². The minimum Gasteiger partial charge on any atom is -0.373 e. The van der Waals surface area contributed by atoms with Crippen LogP contribution in [0.25, 0.3) is 0 Å². The predicted molar refractivity (Wildman–Crippen MR) is 121 cm³/mol. The Kier molecular flexibility index (Phi) is 7.92. The van der Waals surface area contributed by atoms with Crippen molar-refractivity contribution < 1.29 is 18.3 Å². The molecule has 1 N–H and O–H groups in total. The fourth-order valence-corrected chi connectivity index (χ4v) is 3.76. The number of morpholine rings is 1. The highest BCUT2D eigenvalue weighted by Crippen LogP contribution is 2.15. The molecule has 3 rings (SSSR count). The highest BCUT2D eigenvalue weighted by Gasteiger charge is 2.27. The van der Waals surface area contributed by atoms with Crippen LogP contribution in [0.3, 0.4) is 0 Å². The third kappa shape index (κ3) is 6.70. The average molecular weight is 448 g/mol. The largest absolute Gasteiger partial charge is 0.373 e. The molecule has 0 unspecified atom stereocenters. The Labute approximate surface area is 187 Å². The maximum atomic E-state index is 13.6. The van der Waals surface area contributed by atoms with Gasteiger partial charge in [0.1, 0.15) is 11.6 Å². The summed E-state index contributed by atoms with van der Waals surface area (Å²) in [6.07, 6.45) is -0.238. The van der Waals surface area contributed by atoms with E-state index in [0.717, 1.165) is 0 Å². The van der Waals surface area contributed by atoms with Crippen molar-refractivity contribution in [1.82, 2.24) is 9.80 Å². The van der Waals surface area contributed by atoms with Gasteiger partial charge in [-0.25, -0.2) is 8.78 Å². The molecule has 31 heavy (non-hydrogen) atoms. The van der Waals surface area contributed by atoms with Crippen molar-refractivity contribution >= 4 is 28.9 Å². The first-order valence-corrected chi connectivity index (χ1v) is 10.7. The van der Waals surface area contributed by atoms with E-state index in [2.05, 4.69) is 5.32 Å². The molecule has 0 radical (unpaired) electrons. The van der Waals surface area contributed by atoms with Gasteiger partial charge in [0.15, 0.2) is 5.11 Å². The molecule has 0 bridgehead atoms. The lowest BCUT2D eigenvalue weighted by atomic mass is 10.1. The lowest BCUT2D eigenvalue weighted by Gasteiger charge is -2.37. The second-order valence-corrected chi connectivity index (χ2v) is 8.38. The van der Waals surface area contributed by atoms with Crippen LogP contribution in [0.15, 0.2) is 48.5 Å². The summed E-state index contributed by atoms with van der Waals surface area (Å²) in [5.74, 6) is -0.719. The van der Waals surface area contributed by atoms with Crippen LogP contribution in [-0.4, -0.2) is 59.7 Å². The van der Waals surface area contributed by atoms with Gasteiger partial charge in [-0.2, -0.15) is 0 Å². The summed E-state index contributed by atoms with van der Waals surface area (Å²) in [7, 11) is 0. The third-order valence-corrected chi connectivity index (χ3v) is 5.25. The quantitative estimate of drug-likeness (QED) is 0.674. The number of nitrogens with zero attached hydrogens (tertiary/aromatic N) is 2. The SMILES string of the molecule is CC(C)CN(C[C@@H]1CN(C(=S)Nc2ccc(F)cc2)CCO1)C(=O)c1cccc(F)c1. The predicted octanol–water partition coefficient (Wildman–Crippen LogP) is 4.16. The molecule has 2 aromatic carbocycles. The van der Waals surface area contributed by atoms with Crippen molar-refractivity contribution in [3.05, 3.63) is 65.7 Å². The van der Waals surface area contributed by atoms with E-state index < -0.39 is 5.82 Å². The average Bonchev–Trinajstić information content (AvgIpc) is 2.74.